The molecule has 5 heteroatoms. The number of nitrogens with zero attached hydrogens (tertiary/aromatic N) is 3. The van der Waals surface area contributed by atoms with Gasteiger partial charge in [0, 0.05) is 33.3 Å². The largest absolute Gasteiger partial charge is 0.348 e. The Labute approximate surface area is 145 Å². The Balaban J connectivity index is 1.52. The first kappa shape index (κ1) is 13.4. The summed E-state index contributed by atoms with van der Waals surface area (Å²) in [5, 5.41) is 8.46. The number of fused-ring (bicyclic) bond motifs is 3. The van der Waals surface area contributed by atoms with E-state index in [-0.39, 0.29) is 24.0 Å². The molecule has 3 heterocycles. The van der Waals surface area contributed by atoms with Crippen LogP contribution >= 0.6 is 0 Å². The lowest BCUT2D eigenvalue weighted by atomic mass is 9.81. The first-order valence-electron chi connectivity index (χ1n) is 9.85. The zero-order chi connectivity index (χ0) is 18.5. The van der Waals surface area contributed by atoms with Gasteiger partial charge >= 0.3 is 0 Å². The standard InChI is InChI=1S/C19H26N4O/c1-3-23-14-7-6-8-15(23)12-13(11-14)20-19(24)18-16-9-4-5-10-17(16)22(2)21-18/h4-5,9-10,13-15H,3,6-8,11-12H2,1-2H3,(H,20,24)/i3D2. The molecule has 2 aliphatic heterocycles. The van der Waals surface area contributed by atoms with Crippen LogP contribution in [0, 0.1) is 0 Å². The zero-order valence-electron chi connectivity index (χ0n) is 16.3. The summed E-state index contributed by atoms with van der Waals surface area (Å²) in [4.78, 5) is 14.9. The molecule has 5 nitrogen and oxygen atoms in total. The van der Waals surface area contributed by atoms with E-state index >= 15 is 0 Å². The second-order valence-electron chi connectivity index (χ2n) is 7.00. The van der Waals surface area contributed by atoms with Crippen LogP contribution in [0.25, 0.3) is 10.9 Å². The van der Waals surface area contributed by atoms with E-state index in [1.165, 1.54) is 0 Å². The van der Waals surface area contributed by atoms with Gasteiger partial charge in [-0.05, 0) is 38.2 Å². The molecule has 2 atom stereocenters. The van der Waals surface area contributed by atoms with E-state index in [9.17, 15) is 4.79 Å². The fourth-order valence-corrected chi connectivity index (χ4v) is 4.50. The Hall–Kier alpha value is -1.88. The van der Waals surface area contributed by atoms with Crippen molar-refractivity contribution < 1.29 is 7.54 Å². The fraction of sp³-hybridized carbons (Fsp3) is 0.579. The van der Waals surface area contributed by atoms with Crippen molar-refractivity contribution in [2.24, 2.45) is 7.05 Å². The minimum atomic E-state index is -1.30. The van der Waals surface area contributed by atoms with E-state index in [0.717, 1.165) is 43.0 Å². The summed E-state index contributed by atoms with van der Waals surface area (Å²) in [6, 6.07) is 8.25. The first-order valence-corrected chi connectivity index (χ1v) is 8.85. The normalized spacial score (nSPS) is 29.2. The molecule has 1 aromatic carbocycles. The van der Waals surface area contributed by atoms with Crippen LogP contribution in [-0.2, 0) is 7.05 Å². The molecule has 128 valence electrons. The van der Waals surface area contributed by atoms with E-state index in [4.69, 9.17) is 2.74 Å². The molecule has 1 amide bonds. The Morgan fingerprint density at radius 3 is 2.75 bits per heavy atom. The van der Waals surface area contributed by atoms with Crippen molar-refractivity contribution in [3.05, 3.63) is 30.0 Å². The van der Waals surface area contributed by atoms with E-state index in [1.54, 1.807) is 11.6 Å². The number of rotatable bonds is 3. The Bertz CT molecular complexity index is 815. The third-order valence-corrected chi connectivity index (χ3v) is 5.54. The van der Waals surface area contributed by atoms with Crippen LogP contribution in [0.4, 0.5) is 0 Å². The second kappa shape index (κ2) is 6.20. The quantitative estimate of drug-likeness (QED) is 0.942. The highest BCUT2D eigenvalue weighted by atomic mass is 16.2. The van der Waals surface area contributed by atoms with Crippen molar-refractivity contribution >= 4 is 16.8 Å². The van der Waals surface area contributed by atoms with Gasteiger partial charge in [-0.15, -0.1) is 0 Å². The molecule has 2 aromatic rings. The number of aromatic nitrogens is 2. The van der Waals surface area contributed by atoms with Crippen molar-refractivity contribution in [3.63, 3.8) is 0 Å². The summed E-state index contributed by atoms with van der Waals surface area (Å²) in [6.07, 6.45) is 4.76. The summed E-state index contributed by atoms with van der Waals surface area (Å²) >= 11 is 0. The monoisotopic (exact) mass is 328 g/mol. The third-order valence-electron chi connectivity index (χ3n) is 5.54. The summed E-state index contributed by atoms with van der Waals surface area (Å²) in [7, 11) is 1.85. The first-order chi connectivity index (χ1) is 12.3. The van der Waals surface area contributed by atoms with Crippen LogP contribution in [0.5, 0.6) is 0 Å². The van der Waals surface area contributed by atoms with Gasteiger partial charge in [0.25, 0.3) is 5.91 Å². The molecule has 1 N–H and O–H groups in total. The van der Waals surface area contributed by atoms with Gasteiger partial charge in [0.05, 0.1) is 5.52 Å². The maximum Gasteiger partial charge on any atom is 0.272 e. The van der Waals surface area contributed by atoms with Gasteiger partial charge in [-0.3, -0.25) is 14.4 Å². The van der Waals surface area contributed by atoms with Gasteiger partial charge in [0.2, 0.25) is 0 Å². The zero-order valence-corrected chi connectivity index (χ0v) is 14.3. The number of nitrogens with one attached hydrogen (secondary N) is 1. The summed E-state index contributed by atoms with van der Waals surface area (Å²) in [5.41, 5.74) is 1.42. The maximum absolute atomic E-state index is 12.9. The molecule has 0 spiro atoms. The van der Waals surface area contributed by atoms with E-state index in [2.05, 4.69) is 10.4 Å². The molecule has 24 heavy (non-hydrogen) atoms. The smallest absolute Gasteiger partial charge is 0.272 e. The molecule has 1 aromatic heterocycles. The lowest BCUT2D eigenvalue weighted by molar-refractivity contribution is 0.0288. The number of amides is 1. The van der Waals surface area contributed by atoms with E-state index in [0.29, 0.717) is 5.69 Å². The SMILES string of the molecule is [2H]C([2H])(C)N1C2CCCC1CC(NC(=O)c1nn(C)c3ccccc13)C2. The molecule has 0 aliphatic carbocycles. The highest BCUT2D eigenvalue weighted by Gasteiger charge is 2.38. The maximum atomic E-state index is 12.9. The predicted octanol–water partition coefficient (Wildman–Crippen LogP) is 2.71. The lowest BCUT2D eigenvalue weighted by Gasteiger charge is -2.48. The van der Waals surface area contributed by atoms with Gasteiger partial charge < -0.3 is 5.32 Å². The molecule has 2 unspecified atom stereocenters. The molecule has 2 aliphatic rings. The van der Waals surface area contributed by atoms with Crippen molar-refractivity contribution in [3.8, 4) is 0 Å². The number of hydrogen-bond donors (Lipinski definition) is 1. The van der Waals surface area contributed by atoms with Crippen molar-refractivity contribution in [1.82, 2.24) is 20.0 Å². The molecular formula is C19H26N4O. The molecule has 2 saturated heterocycles. The van der Waals surface area contributed by atoms with Crippen LogP contribution in [0.2, 0.25) is 0 Å². The minimum Gasteiger partial charge on any atom is -0.348 e. The minimum absolute atomic E-state index is 0.0807. The molecule has 2 fully saturated rings. The highest BCUT2D eigenvalue weighted by molar-refractivity contribution is 6.04. The summed E-state index contributed by atoms with van der Waals surface area (Å²) in [6.45, 7) is 0.346. The number of hydrogen-bond acceptors (Lipinski definition) is 3. The third kappa shape index (κ3) is 2.61. The van der Waals surface area contributed by atoms with Crippen molar-refractivity contribution in [2.75, 3.05) is 6.50 Å². The molecule has 0 radical (unpaired) electrons. The van der Waals surface area contributed by atoms with Gasteiger partial charge in [0.1, 0.15) is 0 Å². The van der Waals surface area contributed by atoms with E-state index in [1.807, 2.05) is 36.2 Å². The molecule has 0 saturated carbocycles. The van der Waals surface area contributed by atoms with Crippen LogP contribution in [0.3, 0.4) is 0 Å². The molecule has 2 bridgehead atoms. The number of benzene rings is 1. The second-order valence-corrected chi connectivity index (χ2v) is 7.00. The van der Waals surface area contributed by atoms with Gasteiger partial charge in [-0.25, -0.2) is 0 Å². The van der Waals surface area contributed by atoms with Crippen LogP contribution in [-0.4, -0.2) is 45.2 Å². The van der Waals surface area contributed by atoms with Crippen LogP contribution < -0.4 is 5.32 Å². The Kier molecular flexibility index (Phi) is 3.47. The fourth-order valence-electron chi connectivity index (χ4n) is 4.50. The average molecular weight is 328 g/mol. The van der Waals surface area contributed by atoms with Gasteiger partial charge in [-0.1, -0.05) is 31.5 Å². The number of carbonyl (C=O) groups is 1. The Morgan fingerprint density at radius 1 is 1.33 bits per heavy atom. The van der Waals surface area contributed by atoms with Gasteiger partial charge in [0.15, 0.2) is 5.69 Å². The number of aryl methyl sites for hydroxylation is 1. The highest BCUT2D eigenvalue weighted by Crippen LogP contribution is 2.33. The topological polar surface area (TPSA) is 50.2 Å². The number of piperidine rings is 2. The average Bonchev–Trinajstić information content (AvgIpc) is 2.91. The van der Waals surface area contributed by atoms with Crippen LogP contribution in [0.1, 0.15) is 52.3 Å². The van der Waals surface area contributed by atoms with E-state index < -0.39 is 6.50 Å². The van der Waals surface area contributed by atoms with Crippen molar-refractivity contribution in [2.45, 2.75) is 57.2 Å². The van der Waals surface area contributed by atoms with Crippen LogP contribution in [0.15, 0.2) is 24.3 Å². The lowest BCUT2D eigenvalue weighted by Crippen LogP contribution is -2.56. The Morgan fingerprint density at radius 2 is 2.04 bits per heavy atom. The summed E-state index contributed by atoms with van der Waals surface area (Å²) < 4.78 is 18.0. The number of carbonyl (C=O) groups excluding carboxylic acids is 1. The molecule has 4 rings (SSSR count). The van der Waals surface area contributed by atoms with Gasteiger partial charge in [-0.2, -0.15) is 5.10 Å². The number of para-hydroxylation sites is 1. The van der Waals surface area contributed by atoms with Crippen molar-refractivity contribution in [1.29, 1.82) is 0 Å². The predicted molar refractivity (Wildman–Crippen MR) is 95.0 cm³/mol. The summed E-state index contributed by atoms with van der Waals surface area (Å²) in [5.74, 6) is -0.127. The molecular weight excluding hydrogens is 300 g/mol.